The summed E-state index contributed by atoms with van der Waals surface area (Å²) in [7, 11) is 4.62. The maximum absolute atomic E-state index is 13.7. The molecule has 198 valence electrons. The Morgan fingerprint density at radius 2 is 1.65 bits per heavy atom. The Balaban J connectivity index is 0.000000907. The largest absolute Gasteiger partial charge is 0.507 e. The van der Waals surface area contributed by atoms with E-state index in [1.54, 1.807) is 30.2 Å². The van der Waals surface area contributed by atoms with Crippen LogP contribution in [0.2, 0.25) is 0 Å². The predicted molar refractivity (Wildman–Crippen MR) is 151 cm³/mol. The molecule has 4 aromatic rings. The minimum absolute atomic E-state index is 0.0461. The summed E-state index contributed by atoms with van der Waals surface area (Å²) in [5.41, 5.74) is 2.66. The number of rotatable bonds is 5. The van der Waals surface area contributed by atoms with Gasteiger partial charge < -0.3 is 29.2 Å². The molecule has 1 unspecified atom stereocenters. The highest BCUT2D eigenvalue weighted by atomic mass is 35.5. The number of alkyl halides is 1. The van der Waals surface area contributed by atoms with Crippen molar-refractivity contribution < 1.29 is 24.1 Å². The zero-order chi connectivity index (χ0) is 27.3. The SMILES string of the molecule is CC.CC.COc1cc2cc(C(=O)N3CC(CCl)c4c3cc(O)c3ccccc43)[nH]c2c(OC)c1OC. The number of fused-ring (bicyclic) bond motifs is 4. The molecule has 0 bridgehead atoms. The van der Waals surface area contributed by atoms with Crippen LogP contribution in [-0.2, 0) is 0 Å². The van der Waals surface area contributed by atoms with Crippen LogP contribution in [0.25, 0.3) is 21.7 Å². The van der Waals surface area contributed by atoms with Crippen molar-refractivity contribution in [1.29, 1.82) is 0 Å². The van der Waals surface area contributed by atoms with Crippen molar-refractivity contribution in [3.8, 4) is 23.0 Å². The molecule has 1 aromatic heterocycles. The minimum Gasteiger partial charge on any atom is -0.507 e. The molecule has 3 aromatic carbocycles. The molecular weight excluding hydrogens is 492 g/mol. The summed E-state index contributed by atoms with van der Waals surface area (Å²) in [6, 6.07) is 12.8. The Labute approximate surface area is 222 Å². The van der Waals surface area contributed by atoms with Gasteiger partial charge in [0.05, 0.1) is 32.5 Å². The van der Waals surface area contributed by atoms with Gasteiger partial charge in [0.1, 0.15) is 11.4 Å². The van der Waals surface area contributed by atoms with Crippen molar-refractivity contribution in [2.45, 2.75) is 33.6 Å². The Kier molecular flexibility index (Phi) is 9.16. The third-order valence-corrected chi connectivity index (χ3v) is 6.60. The van der Waals surface area contributed by atoms with Crippen LogP contribution < -0.4 is 19.1 Å². The summed E-state index contributed by atoms with van der Waals surface area (Å²) >= 11 is 6.31. The lowest BCUT2D eigenvalue weighted by Gasteiger charge is -2.17. The van der Waals surface area contributed by atoms with Crippen molar-refractivity contribution in [2.75, 3.05) is 38.7 Å². The summed E-state index contributed by atoms with van der Waals surface area (Å²) in [5.74, 6) is 1.62. The van der Waals surface area contributed by atoms with Gasteiger partial charge in [0, 0.05) is 35.2 Å². The Hall–Kier alpha value is -3.58. The number of anilines is 1. The first-order valence-electron chi connectivity index (χ1n) is 12.5. The van der Waals surface area contributed by atoms with Gasteiger partial charge in [-0.2, -0.15) is 0 Å². The van der Waals surface area contributed by atoms with E-state index < -0.39 is 0 Å². The molecule has 0 saturated carbocycles. The second kappa shape index (κ2) is 12.1. The average molecular weight is 527 g/mol. The van der Waals surface area contributed by atoms with E-state index in [0.717, 1.165) is 21.7 Å². The van der Waals surface area contributed by atoms with Crippen molar-refractivity contribution in [2.24, 2.45) is 0 Å². The van der Waals surface area contributed by atoms with Gasteiger partial charge in [0.15, 0.2) is 11.5 Å². The molecule has 7 nitrogen and oxygen atoms in total. The van der Waals surface area contributed by atoms with E-state index in [-0.39, 0.29) is 17.6 Å². The van der Waals surface area contributed by atoms with Crippen LogP contribution in [0.5, 0.6) is 23.0 Å². The van der Waals surface area contributed by atoms with E-state index in [1.807, 2.05) is 52.0 Å². The molecule has 5 rings (SSSR count). The van der Waals surface area contributed by atoms with Crippen LogP contribution in [0.15, 0.2) is 42.5 Å². The van der Waals surface area contributed by atoms with Gasteiger partial charge in [-0.25, -0.2) is 0 Å². The van der Waals surface area contributed by atoms with E-state index in [9.17, 15) is 9.90 Å². The lowest BCUT2D eigenvalue weighted by Crippen LogP contribution is -2.30. The summed E-state index contributed by atoms with van der Waals surface area (Å²) in [4.78, 5) is 18.5. The highest BCUT2D eigenvalue weighted by Crippen LogP contribution is 2.46. The molecule has 2 heterocycles. The van der Waals surface area contributed by atoms with Gasteiger partial charge in [-0.15, -0.1) is 11.6 Å². The summed E-state index contributed by atoms with van der Waals surface area (Å²) in [6.45, 7) is 8.42. The first-order valence-corrected chi connectivity index (χ1v) is 13.0. The number of carbonyl (C=O) groups is 1. The van der Waals surface area contributed by atoms with Crippen molar-refractivity contribution >= 4 is 44.9 Å². The quantitative estimate of drug-likeness (QED) is 0.271. The maximum atomic E-state index is 13.7. The fourth-order valence-corrected chi connectivity index (χ4v) is 5.00. The molecule has 1 atom stereocenters. The van der Waals surface area contributed by atoms with Crippen LogP contribution >= 0.6 is 11.6 Å². The molecule has 1 aliphatic heterocycles. The maximum Gasteiger partial charge on any atom is 0.274 e. The number of phenolic OH excluding ortho intramolecular Hbond substituents is 1. The van der Waals surface area contributed by atoms with Gasteiger partial charge in [0.2, 0.25) is 5.75 Å². The molecule has 37 heavy (non-hydrogen) atoms. The topological polar surface area (TPSA) is 84.0 Å². The van der Waals surface area contributed by atoms with Crippen molar-refractivity contribution in [3.05, 3.63) is 53.7 Å². The average Bonchev–Trinajstić information content (AvgIpc) is 3.55. The van der Waals surface area contributed by atoms with Crippen LogP contribution in [-0.4, -0.2) is 49.8 Å². The monoisotopic (exact) mass is 526 g/mol. The van der Waals surface area contributed by atoms with Crippen LogP contribution in [0.4, 0.5) is 5.69 Å². The molecule has 1 amide bonds. The molecule has 0 spiro atoms. The number of nitrogens with one attached hydrogen (secondary N) is 1. The number of aromatic amines is 1. The Morgan fingerprint density at radius 1 is 1.00 bits per heavy atom. The number of hydrogen-bond donors (Lipinski definition) is 2. The Morgan fingerprint density at radius 3 is 2.24 bits per heavy atom. The number of H-pyrrole nitrogens is 1. The number of benzene rings is 3. The molecule has 0 saturated heterocycles. The van der Waals surface area contributed by atoms with E-state index in [1.165, 1.54) is 14.2 Å². The number of halogens is 1. The highest BCUT2D eigenvalue weighted by molar-refractivity contribution is 6.19. The Bertz CT molecular complexity index is 1400. The molecule has 0 radical (unpaired) electrons. The number of nitrogens with zero attached hydrogens (tertiary/aromatic N) is 1. The summed E-state index contributed by atoms with van der Waals surface area (Å²) in [6.07, 6.45) is 0. The first kappa shape index (κ1) is 28.0. The summed E-state index contributed by atoms with van der Waals surface area (Å²) in [5, 5.41) is 13.0. The van der Waals surface area contributed by atoms with E-state index in [0.29, 0.717) is 46.6 Å². The second-order valence-corrected chi connectivity index (χ2v) is 8.24. The van der Waals surface area contributed by atoms with E-state index in [2.05, 4.69) is 4.98 Å². The van der Waals surface area contributed by atoms with Gasteiger partial charge in [-0.3, -0.25) is 4.79 Å². The molecule has 1 aliphatic rings. The van der Waals surface area contributed by atoms with Crippen molar-refractivity contribution in [3.63, 3.8) is 0 Å². The predicted octanol–water partition coefficient (Wildman–Crippen LogP) is 7.09. The molecule has 0 aliphatic carbocycles. The smallest absolute Gasteiger partial charge is 0.274 e. The van der Waals surface area contributed by atoms with Crippen LogP contribution in [0, 0.1) is 0 Å². The molecule has 8 heteroatoms. The number of carbonyl (C=O) groups excluding carboxylic acids is 1. The molecule has 0 fully saturated rings. The fourth-order valence-electron chi connectivity index (χ4n) is 4.75. The van der Waals surface area contributed by atoms with Gasteiger partial charge >= 0.3 is 0 Å². The normalized spacial score (nSPS) is 13.8. The zero-order valence-electron chi connectivity index (χ0n) is 22.4. The fraction of sp³-hybridized carbons (Fsp3) is 0.345. The lowest BCUT2D eigenvalue weighted by atomic mass is 9.95. The minimum atomic E-state index is -0.227. The van der Waals surface area contributed by atoms with Crippen molar-refractivity contribution in [1.82, 2.24) is 4.98 Å². The van der Waals surface area contributed by atoms with E-state index in [4.69, 9.17) is 25.8 Å². The van der Waals surface area contributed by atoms with Crippen LogP contribution in [0.3, 0.4) is 0 Å². The summed E-state index contributed by atoms with van der Waals surface area (Å²) < 4.78 is 16.4. The number of hydrogen-bond acceptors (Lipinski definition) is 5. The second-order valence-electron chi connectivity index (χ2n) is 7.93. The van der Waals surface area contributed by atoms with E-state index >= 15 is 0 Å². The molecule has 2 N–H and O–H groups in total. The number of phenols is 1. The highest BCUT2D eigenvalue weighted by Gasteiger charge is 2.35. The molecular formula is C29H35ClN2O5. The lowest BCUT2D eigenvalue weighted by molar-refractivity contribution is 0.0984. The number of aromatic hydroxyl groups is 1. The third-order valence-electron chi connectivity index (χ3n) is 6.23. The van der Waals surface area contributed by atoms with Crippen LogP contribution in [0.1, 0.15) is 49.7 Å². The zero-order valence-corrected chi connectivity index (χ0v) is 23.2. The number of ether oxygens (including phenoxy) is 3. The van der Waals surface area contributed by atoms with Gasteiger partial charge in [-0.05, 0) is 23.1 Å². The number of amides is 1. The van der Waals surface area contributed by atoms with Gasteiger partial charge in [0.25, 0.3) is 5.91 Å². The first-order chi connectivity index (χ1) is 18.0. The van der Waals surface area contributed by atoms with Gasteiger partial charge in [-0.1, -0.05) is 52.0 Å². The standard InChI is InChI=1S/C25H23ClN2O5.2C2H6/c1-31-20-9-13-8-17(27-22(13)24(33-3)23(20)32-2)25(30)28-12-14(11-26)21-16-7-5-4-6-15(16)19(29)10-18(21)28;2*1-2/h4-10,14,27,29H,11-12H2,1-3H3;2*1-2H3. The number of methoxy groups -OCH3 is 3. The number of aromatic nitrogens is 1. The third kappa shape index (κ3) is 4.76.